The van der Waals surface area contributed by atoms with E-state index in [9.17, 15) is 18.0 Å². The van der Waals surface area contributed by atoms with Crippen molar-refractivity contribution in [1.82, 2.24) is 4.90 Å². The molecule has 2 heterocycles. The lowest BCUT2D eigenvalue weighted by molar-refractivity contribution is 0.0673. The molecule has 2 aliphatic heterocycles. The van der Waals surface area contributed by atoms with E-state index in [2.05, 4.69) is 17.0 Å². The zero-order valence-corrected chi connectivity index (χ0v) is 14.3. The zero-order chi connectivity index (χ0) is 18.3. The Bertz CT molecular complexity index is 810. The standard InChI is InChI=1S/C21H20F3NO/c22-18-9-8-17(19(23)20(18)24)21(26)14-10-15-6-7-16(11-14)25(15)12-13-4-2-1-3-5-13/h1-5,8-9,14-16H,6-7,10-12H2. The van der Waals surface area contributed by atoms with Crippen molar-refractivity contribution < 1.29 is 18.0 Å². The molecule has 2 aliphatic rings. The Balaban J connectivity index is 1.50. The Kier molecular flexibility index (Phi) is 4.57. The average Bonchev–Trinajstić information content (AvgIpc) is 2.88. The molecule has 2 atom stereocenters. The number of benzene rings is 2. The molecule has 2 aromatic carbocycles. The molecule has 2 nitrogen and oxygen atoms in total. The summed E-state index contributed by atoms with van der Waals surface area (Å²) >= 11 is 0. The van der Waals surface area contributed by atoms with E-state index >= 15 is 0 Å². The van der Waals surface area contributed by atoms with Gasteiger partial charge in [-0.05, 0) is 43.4 Å². The summed E-state index contributed by atoms with van der Waals surface area (Å²) in [6.45, 7) is 0.844. The summed E-state index contributed by atoms with van der Waals surface area (Å²) in [6.07, 6.45) is 3.31. The van der Waals surface area contributed by atoms with E-state index in [1.807, 2.05) is 18.2 Å². The van der Waals surface area contributed by atoms with E-state index in [0.717, 1.165) is 31.5 Å². The third kappa shape index (κ3) is 3.05. The first kappa shape index (κ1) is 17.3. The number of Topliss-reactive ketones (excluding diaryl/α,β-unsaturated/α-hetero) is 1. The highest BCUT2D eigenvalue weighted by Crippen LogP contribution is 2.41. The van der Waals surface area contributed by atoms with Crippen LogP contribution in [-0.2, 0) is 6.54 Å². The molecule has 0 N–H and O–H groups in total. The summed E-state index contributed by atoms with van der Waals surface area (Å²) in [5.74, 6) is -4.94. The quantitative estimate of drug-likeness (QED) is 0.581. The molecule has 136 valence electrons. The summed E-state index contributed by atoms with van der Waals surface area (Å²) in [5, 5.41) is 0. The molecule has 0 saturated carbocycles. The lowest BCUT2D eigenvalue weighted by Gasteiger charge is -2.38. The molecule has 2 saturated heterocycles. The molecule has 0 aromatic heterocycles. The minimum atomic E-state index is -1.57. The van der Waals surface area contributed by atoms with Crippen molar-refractivity contribution in [3.05, 3.63) is 71.0 Å². The monoisotopic (exact) mass is 359 g/mol. The van der Waals surface area contributed by atoms with E-state index < -0.39 is 23.2 Å². The highest BCUT2D eigenvalue weighted by Gasteiger charge is 2.43. The summed E-state index contributed by atoms with van der Waals surface area (Å²) in [7, 11) is 0. The van der Waals surface area contributed by atoms with Gasteiger partial charge in [0, 0.05) is 24.5 Å². The molecular formula is C21H20F3NO. The van der Waals surface area contributed by atoms with Crippen molar-refractivity contribution in [3.63, 3.8) is 0 Å². The van der Waals surface area contributed by atoms with Gasteiger partial charge in [0.2, 0.25) is 0 Å². The van der Waals surface area contributed by atoms with E-state index in [1.165, 1.54) is 5.56 Å². The average molecular weight is 359 g/mol. The van der Waals surface area contributed by atoms with E-state index in [0.29, 0.717) is 12.8 Å². The summed E-state index contributed by atoms with van der Waals surface area (Å²) in [6, 6.07) is 12.6. The number of rotatable bonds is 4. The van der Waals surface area contributed by atoms with Crippen molar-refractivity contribution in [2.45, 2.75) is 44.3 Å². The van der Waals surface area contributed by atoms with Crippen molar-refractivity contribution in [2.24, 2.45) is 5.92 Å². The predicted octanol–water partition coefficient (Wildman–Crippen LogP) is 4.73. The summed E-state index contributed by atoms with van der Waals surface area (Å²) < 4.78 is 40.6. The first-order valence-corrected chi connectivity index (χ1v) is 9.02. The number of piperidine rings is 1. The fourth-order valence-electron chi connectivity index (χ4n) is 4.48. The molecule has 0 spiro atoms. The molecule has 2 bridgehead atoms. The maximum absolute atomic E-state index is 14.0. The second-order valence-corrected chi connectivity index (χ2v) is 7.30. The van der Waals surface area contributed by atoms with Crippen LogP contribution in [0.3, 0.4) is 0 Å². The molecule has 2 aromatic rings. The maximum Gasteiger partial charge on any atom is 0.195 e. The summed E-state index contributed by atoms with van der Waals surface area (Å²) in [5.41, 5.74) is 0.908. The Morgan fingerprint density at radius 3 is 2.23 bits per heavy atom. The third-order valence-corrected chi connectivity index (χ3v) is 5.76. The third-order valence-electron chi connectivity index (χ3n) is 5.76. The van der Waals surface area contributed by atoms with Gasteiger partial charge in [0.15, 0.2) is 23.2 Å². The number of hydrogen-bond acceptors (Lipinski definition) is 2. The van der Waals surface area contributed by atoms with Crippen LogP contribution in [0.2, 0.25) is 0 Å². The Morgan fingerprint density at radius 1 is 0.923 bits per heavy atom. The largest absolute Gasteiger partial charge is 0.294 e. The Morgan fingerprint density at radius 2 is 1.58 bits per heavy atom. The fraction of sp³-hybridized carbons (Fsp3) is 0.381. The minimum Gasteiger partial charge on any atom is -0.294 e. The molecular weight excluding hydrogens is 339 g/mol. The molecule has 2 fully saturated rings. The second kappa shape index (κ2) is 6.88. The maximum atomic E-state index is 14.0. The van der Waals surface area contributed by atoms with Crippen LogP contribution in [0, 0.1) is 23.4 Å². The van der Waals surface area contributed by atoms with E-state index in [-0.39, 0.29) is 23.6 Å². The summed E-state index contributed by atoms with van der Waals surface area (Å²) in [4.78, 5) is 15.2. The highest BCUT2D eigenvalue weighted by molar-refractivity contribution is 5.98. The molecule has 5 heteroatoms. The molecule has 0 aliphatic carbocycles. The van der Waals surface area contributed by atoms with Crippen LogP contribution in [0.5, 0.6) is 0 Å². The number of ketones is 1. The first-order valence-electron chi connectivity index (χ1n) is 9.02. The van der Waals surface area contributed by atoms with Crippen molar-refractivity contribution in [3.8, 4) is 0 Å². The van der Waals surface area contributed by atoms with Gasteiger partial charge < -0.3 is 0 Å². The molecule has 2 unspecified atom stereocenters. The van der Waals surface area contributed by atoms with Crippen molar-refractivity contribution in [1.29, 1.82) is 0 Å². The number of nitrogens with zero attached hydrogens (tertiary/aromatic N) is 1. The smallest absolute Gasteiger partial charge is 0.195 e. The van der Waals surface area contributed by atoms with Crippen LogP contribution >= 0.6 is 0 Å². The molecule has 26 heavy (non-hydrogen) atoms. The zero-order valence-electron chi connectivity index (χ0n) is 14.3. The van der Waals surface area contributed by atoms with Gasteiger partial charge in [-0.15, -0.1) is 0 Å². The Hall–Kier alpha value is -2.14. The van der Waals surface area contributed by atoms with Crippen LogP contribution in [0.25, 0.3) is 0 Å². The van der Waals surface area contributed by atoms with Crippen LogP contribution in [0.15, 0.2) is 42.5 Å². The number of carbonyl (C=O) groups is 1. The lowest BCUT2D eigenvalue weighted by Crippen LogP contribution is -2.44. The highest BCUT2D eigenvalue weighted by atomic mass is 19.2. The van der Waals surface area contributed by atoms with Crippen LogP contribution < -0.4 is 0 Å². The van der Waals surface area contributed by atoms with Gasteiger partial charge in [0.1, 0.15) is 0 Å². The van der Waals surface area contributed by atoms with Crippen LogP contribution in [0.1, 0.15) is 41.6 Å². The fourth-order valence-corrected chi connectivity index (χ4v) is 4.48. The lowest BCUT2D eigenvalue weighted by atomic mass is 9.84. The van der Waals surface area contributed by atoms with Crippen molar-refractivity contribution in [2.75, 3.05) is 0 Å². The van der Waals surface area contributed by atoms with Crippen LogP contribution in [0.4, 0.5) is 13.2 Å². The predicted molar refractivity (Wildman–Crippen MR) is 92.2 cm³/mol. The van der Waals surface area contributed by atoms with Gasteiger partial charge in [-0.25, -0.2) is 13.2 Å². The van der Waals surface area contributed by atoms with Gasteiger partial charge in [-0.3, -0.25) is 9.69 Å². The topological polar surface area (TPSA) is 20.3 Å². The van der Waals surface area contributed by atoms with Gasteiger partial charge >= 0.3 is 0 Å². The van der Waals surface area contributed by atoms with Crippen molar-refractivity contribution >= 4 is 5.78 Å². The van der Waals surface area contributed by atoms with E-state index in [1.54, 1.807) is 0 Å². The van der Waals surface area contributed by atoms with Gasteiger partial charge in [-0.2, -0.15) is 0 Å². The molecule has 0 amide bonds. The minimum absolute atomic E-state index is 0.274. The first-order chi connectivity index (χ1) is 12.5. The number of carbonyl (C=O) groups excluding carboxylic acids is 1. The second-order valence-electron chi connectivity index (χ2n) is 7.30. The number of halogens is 3. The molecule has 4 rings (SSSR count). The van der Waals surface area contributed by atoms with Gasteiger partial charge in [-0.1, -0.05) is 30.3 Å². The number of fused-ring (bicyclic) bond motifs is 2. The van der Waals surface area contributed by atoms with E-state index in [4.69, 9.17) is 0 Å². The normalized spacial score (nSPS) is 25.4. The molecule has 0 radical (unpaired) electrons. The van der Waals surface area contributed by atoms with Gasteiger partial charge in [0.25, 0.3) is 0 Å². The SMILES string of the molecule is O=C(c1ccc(F)c(F)c1F)C1CC2CCC(C1)N2Cc1ccccc1. The van der Waals surface area contributed by atoms with Crippen LogP contribution in [-0.4, -0.2) is 22.8 Å². The number of hydrogen-bond donors (Lipinski definition) is 0. The van der Waals surface area contributed by atoms with Gasteiger partial charge in [0.05, 0.1) is 5.56 Å². The Labute approximate surface area is 150 Å².